The summed E-state index contributed by atoms with van der Waals surface area (Å²) in [6, 6.07) is 7.25. The van der Waals surface area contributed by atoms with Gasteiger partial charge in [-0.2, -0.15) is 0 Å². The molecule has 0 nitrogen and oxygen atoms in total. The number of hydrogen-bond acceptors (Lipinski definition) is 0. The highest BCUT2D eigenvalue weighted by Gasteiger charge is 2.08. The summed E-state index contributed by atoms with van der Waals surface area (Å²) in [5.41, 5.74) is 4.84. The van der Waals surface area contributed by atoms with Crippen molar-refractivity contribution in [2.45, 2.75) is 77.6 Å². The second kappa shape index (κ2) is 7.61. The molecule has 0 radical (unpaired) electrons. The Morgan fingerprint density at radius 1 is 0.833 bits per heavy atom. The summed E-state index contributed by atoms with van der Waals surface area (Å²) in [4.78, 5) is 0. The van der Waals surface area contributed by atoms with Crippen molar-refractivity contribution >= 4 is 0 Å². The second-order valence-electron chi connectivity index (χ2n) is 5.83. The molecule has 0 spiro atoms. The Balaban J connectivity index is 1.72. The number of aryl methyl sites for hydroxylation is 3. The molecule has 0 aliphatic heterocycles. The van der Waals surface area contributed by atoms with Crippen LogP contribution < -0.4 is 0 Å². The highest BCUT2D eigenvalue weighted by Crippen LogP contribution is 2.23. The highest BCUT2D eigenvalue weighted by molar-refractivity contribution is 5.33. The number of hydrogen-bond donors (Lipinski definition) is 0. The normalized spacial score (nSPS) is 14.5. The van der Waals surface area contributed by atoms with Crippen LogP contribution in [0.25, 0.3) is 0 Å². The molecular weight excluding hydrogens is 216 g/mol. The van der Waals surface area contributed by atoms with E-state index in [-0.39, 0.29) is 0 Å². The lowest BCUT2D eigenvalue weighted by molar-refractivity contribution is 0.607. The average Bonchev–Trinajstić information content (AvgIpc) is 2.42. The van der Waals surface area contributed by atoms with Gasteiger partial charge in [0, 0.05) is 0 Å². The third kappa shape index (κ3) is 4.15. The third-order valence-electron chi connectivity index (χ3n) is 4.23. The van der Waals surface area contributed by atoms with Crippen LogP contribution in [0.2, 0.25) is 0 Å². The van der Waals surface area contributed by atoms with Gasteiger partial charge in [0.05, 0.1) is 0 Å². The molecule has 0 amide bonds. The molecular formula is C18H28. The Morgan fingerprint density at radius 2 is 1.56 bits per heavy atom. The van der Waals surface area contributed by atoms with Gasteiger partial charge in [-0.15, -0.1) is 0 Å². The zero-order valence-corrected chi connectivity index (χ0v) is 12.0. The van der Waals surface area contributed by atoms with E-state index in [2.05, 4.69) is 25.1 Å². The van der Waals surface area contributed by atoms with E-state index in [1.807, 2.05) is 0 Å². The molecule has 0 atom stereocenters. The van der Waals surface area contributed by atoms with Gasteiger partial charge in [-0.25, -0.2) is 0 Å². The maximum Gasteiger partial charge on any atom is -0.0276 e. The van der Waals surface area contributed by atoms with E-state index >= 15 is 0 Å². The quantitative estimate of drug-likeness (QED) is 0.558. The Bertz CT molecular complexity index is 351. The molecule has 1 aliphatic carbocycles. The van der Waals surface area contributed by atoms with Gasteiger partial charge < -0.3 is 0 Å². The fraction of sp³-hybridized carbons (Fsp3) is 0.667. The largest absolute Gasteiger partial charge is 0.0654 e. The lowest BCUT2D eigenvalue weighted by atomic mass is 9.89. The van der Waals surface area contributed by atoms with Crippen molar-refractivity contribution in [3.8, 4) is 0 Å². The van der Waals surface area contributed by atoms with E-state index < -0.39 is 0 Å². The summed E-state index contributed by atoms with van der Waals surface area (Å²) in [6.07, 6.45) is 15.1. The lowest BCUT2D eigenvalue weighted by Crippen LogP contribution is -2.03. The van der Waals surface area contributed by atoms with E-state index in [4.69, 9.17) is 0 Å². The molecule has 0 unspecified atom stereocenters. The minimum atomic E-state index is 1.29. The SMILES string of the molecule is CCCCCCCCc1ccc2c(c1)CCCC2. The summed E-state index contributed by atoms with van der Waals surface area (Å²) in [7, 11) is 0. The standard InChI is InChI=1S/C18H28/c1-2-3-4-5-6-7-10-16-13-14-17-11-8-9-12-18(17)15-16/h13-15H,2-12H2,1H3. The lowest BCUT2D eigenvalue weighted by Gasteiger charge is -2.16. The first-order chi connectivity index (χ1) is 8.90. The van der Waals surface area contributed by atoms with E-state index in [1.165, 1.54) is 70.6 Å². The van der Waals surface area contributed by atoms with Crippen LogP contribution in [0.15, 0.2) is 18.2 Å². The molecule has 1 aromatic rings. The molecule has 0 fully saturated rings. The average molecular weight is 244 g/mol. The molecule has 100 valence electrons. The number of fused-ring (bicyclic) bond motifs is 1. The van der Waals surface area contributed by atoms with Crippen LogP contribution in [0, 0.1) is 0 Å². The molecule has 0 heterocycles. The minimum Gasteiger partial charge on any atom is -0.0654 e. The summed E-state index contributed by atoms with van der Waals surface area (Å²) in [6.45, 7) is 2.28. The Morgan fingerprint density at radius 3 is 2.39 bits per heavy atom. The van der Waals surface area contributed by atoms with Crippen molar-refractivity contribution in [2.75, 3.05) is 0 Å². The topological polar surface area (TPSA) is 0 Å². The monoisotopic (exact) mass is 244 g/mol. The van der Waals surface area contributed by atoms with Crippen molar-refractivity contribution in [3.05, 3.63) is 34.9 Å². The van der Waals surface area contributed by atoms with E-state index in [0.29, 0.717) is 0 Å². The van der Waals surface area contributed by atoms with Crippen molar-refractivity contribution in [3.63, 3.8) is 0 Å². The fourth-order valence-corrected chi connectivity index (χ4v) is 3.05. The van der Waals surface area contributed by atoms with Gasteiger partial charge in [0.15, 0.2) is 0 Å². The third-order valence-corrected chi connectivity index (χ3v) is 4.23. The van der Waals surface area contributed by atoms with Crippen LogP contribution >= 0.6 is 0 Å². The van der Waals surface area contributed by atoms with Crippen LogP contribution in [0.3, 0.4) is 0 Å². The highest BCUT2D eigenvalue weighted by atomic mass is 14.1. The molecule has 2 rings (SSSR count). The summed E-state index contributed by atoms with van der Waals surface area (Å²) < 4.78 is 0. The van der Waals surface area contributed by atoms with Crippen molar-refractivity contribution in [2.24, 2.45) is 0 Å². The first-order valence-corrected chi connectivity index (χ1v) is 8.01. The molecule has 0 saturated carbocycles. The molecule has 0 heteroatoms. The van der Waals surface area contributed by atoms with Crippen LogP contribution in [-0.2, 0) is 19.3 Å². The van der Waals surface area contributed by atoms with Gasteiger partial charge in [0.2, 0.25) is 0 Å². The number of benzene rings is 1. The van der Waals surface area contributed by atoms with Gasteiger partial charge in [0.25, 0.3) is 0 Å². The first kappa shape index (κ1) is 13.6. The molecule has 0 N–H and O–H groups in total. The van der Waals surface area contributed by atoms with Crippen LogP contribution in [-0.4, -0.2) is 0 Å². The molecule has 18 heavy (non-hydrogen) atoms. The Hall–Kier alpha value is -0.780. The van der Waals surface area contributed by atoms with Crippen LogP contribution in [0.5, 0.6) is 0 Å². The number of rotatable bonds is 7. The maximum absolute atomic E-state index is 2.49. The molecule has 1 aliphatic rings. The zero-order valence-electron chi connectivity index (χ0n) is 12.0. The van der Waals surface area contributed by atoms with Gasteiger partial charge >= 0.3 is 0 Å². The van der Waals surface area contributed by atoms with E-state index in [9.17, 15) is 0 Å². The predicted molar refractivity (Wildman–Crippen MR) is 80.2 cm³/mol. The summed E-state index contributed by atoms with van der Waals surface area (Å²) in [5, 5.41) is 0. The van der Waals surface area contributed by atoms with Gasteiger partial charge in [0.1, 0.15) is 0 Å². The first-order valence-electron chi connectivity index (χ1n) is 8.01. The van der Waals surface area contributed by atoms with Gasteiger partial charge in [-0.05, 0) is 55.2 Å². The van der Waals surface area contributed by atoms with Crippen LogP contribution in [0.4, 0.5) is 0 Å². The smallest absolute Gasteiger partial charge is 0.0276 e. The maximum atomic E-state index is 2.49. The molecule has 0 bridgehead atoms. The minimum absolute atomic E-state index is 1.29. The van der Waals surface area contributed by atoms with E-state index in [1.54, 1.807) is 16.7 Å². The number of unbranched alkanes of at least 4 members (excludes halogenated alkanes) is 5. The van der Waals surface area contributed by atoms with Gasteiger partial charge in [-0.1, -0.05) is 57.2 Å². The summed E-state index contributed by atoms with van der Waals surface area (Å²) in [5.74, 6) is 0. The van der Waals surface area contributed by atoms with Gasteiger partial charge in [-0.3, -0.25) is 0 Å². The second-order valence-corrected chi connectivity index (χ2v) is 5.83. The molecule has 1 aromatic carbocycles. The Labute approximate surface area is 113 Å². The van der Waals surface area contributed by atoms with Crippen molar-refractivity contribution < 1.29 is 0 Å². The van der Waals surface area contributed by atoms with Crippen LogP contribution in [0.1, 0.15) is 75.0 Å². The molecule has 0 aromatic heterocycles. The Kier molecular flexibility index (Phi) is 5.77. The fourth-order valence-electron chi connectivity index (χ4n) is 3.05. The van der Waals surface area contributed by atoms with Crippen molar-refractivity contribution in [1.82, 2.24) is 0 Å². The summed E-state index contributed by atoms with van der Waals surface area (Å²) >= 11 is 0. The zero-order chi connectivity index (χ0) is 12.6. The molecule has 0 saturated heterocycles. The predicted octanol–water partition coefficient (Wildman–Crippen LogP) is 5.47. The van der Waals surface area contributed by atoms with Crippen molar-refractivity contribution in [1.29, 1.82) is 0 Å². The van der Waals surface area contributed by atoms with E-state index in [0.717, 1.165) is 0 Å².